The molecule has 2 rings (SSSR count). The van der Waals surface area contributed by atoms with Gasteiger partial charge in [-0.2, -0.15) is 0 Å². The Morgan fingerprint density at radius 3 is 2.20 bits per heavy atom. The molecule has 0 saturated carbocycles. The van der Waals surface area contributed by atoms with E-state index in [-0.39, 0.29) is 5.38 Å². The number of benzene rings is 2. The van der Waals surface area contributed by atoms with Gasteiger partial charge < -0.3 is 4.74 Å². The Hall–Kier alpha value is -1.31. The molecule has 2 aromatic rings. The van der Waals surface area contributed by atoms with Crippen LogP contribution in [0.2, 0.25) is 0 Å². The van der Waals surface area contributed by atoms with Gasteiger partial charge in [-0.1, -0.05) is 42.5 Å². The first-order valence-corrected chi connectivity index (χ1v) is 7.34. The van der Waals surface area contributed by atoms with Crippen LogP contribution in [-0.4, -0.2) is 13.7 Å². The minimum atomic E-state index is -0.0919. The van der Waals surface area contributed by atoms with Crippen LogP contribution in [0.5, 0.6) is 0 Å². The van der Waals surface area contributed by atoms with Crippen LogP contribution in [0.4, 0.5) is 0 Å². The van der Waals surface area contributed by atoms with E-state index in [2.05, 4.69) is 56.3 Å². The number of alkyl halides is 1. The third kappa shape index (κ3) is 3.62. The highest BCUT2D eigenvalue weighted by Gasteiger charge is 2.11. The lowest BCUT2D eigenvalue weighted by molar-refractivity contribution is 0.202. The number of hydrogen-bond donors (Lipinski definition) is 0. The predicted octanol–water partition coefficient (Wildman–Crippen LogP) is 4.82. The second-order valence-electron chi connectivity index (χ2n) is 5.19. The largest absolute Gasteiger partial charge is 0.384 e. The highest BCUT2D eigenvalue weighted by molar-refractivity contribution is 6.22. The SMILES string of the molecule is COCCc1ccc(C(Cl)c2ccc(C)c(C)c2)cc1. The summed E-state index contributed by atoms with van der Waals surface area (Å²) in [5.74, 6) is 0. The monoisotopic (exact) mass is 288 g/mol. The third-order valence-electron chi connectivity index (χ3n) is 3.69. The van der Waals surface area contributed by atoms with E-state index in [1.807, 2.05) is 0 Å². The maximum atomic E-state index is 6.59. The van der Waals surface area contributed by atoms with Crippen LogP contribution in [0.15, 0.2) is 42.5 Å². The van der Waals surface area contributed by atoms with Crippen molar-refractivity contribution in [3.8, 4) is 0 Å². The number of methoxy groups -OCH3 is 1. The zero-order valence-corrected chi connectivity index (χ0v) is 13.1. The molecule has 0 heterocycles. The van der Waals surface area contributed by atoms with Gasteiger partial charge in [0.15, 0.2) is 0 Å². The quantitative estimate of drug-likeness (QED) is 0.717. The molecule has 0 aliphatic carbocycles. The van der Waals surface area contributed by atoms with Gasteiger partial charge in [0.2, 0.25) is 0 Å². The Kier molecular flexibility index (Phi) is 5.22. The first-order chi connectivity index (χ1) is 9.61. The normalized spacial score (nSPS) is 12.4. The molecule has 0 fully saturated rings. The first-order valence-electron chi connectivity index (χ1n) is 6.91. The summed E-state index contributed by atoms with van der Waals surface area (Å²) in [7, 11) is 1.73. The van der Waals surface area contributed by atoms with Gasteiger partial charge in [0.1, 0.15) is 0 Å². The second kappa shape index (κ2) is 6.92. The molecule has 0 aliphatic rings. The molecule has 0 N–H and O–H groups in total. The summed E-state index contributed by atoms with van der Waals surface area (Å²) in [6.07, 6.45) is 0.938. The van der Waals surface area contributed by atoms with Crippen molar-refractivity contribution in [2.75, 3.05) is 13.7 Å². The number of rotatable bonds is 5. The summed E-state index contributed by atoms with van der Waals surface area (Å²) in [5.41, 5.74) is 6.15. The standard InChI is InChI=1S/C18H21ClO/c1-13-4-7-17(12-14(13)2)18(19)16-8-5-15(6-9-16)10-11-20-3/h4-9,12,18H,10-11H2,1-3H3. The van der Waals surface area contributed by atoms with Crippen molar-refractivity contribution >= 4 is 11.6 Å². The van der Waals surface area contributed by atoms with Crippen LogP contribution in [0, 0.1) is 13.8 Å². The summed E-state index contributed by atoms with van der Waals surface area (Å²) < 4.78 is 5.09. The van der Waals surface area contributed by atoms with Crippen LogP contribution in [0.3, 0.4) is 0 Å². The maximum absolute atomic E-state index is 6.59. The van der Waals surface area contributed by atoms with E-state index in [0.29, 0.717) is 0 Å². The van der Waals surface area contributed by atoms with Crippen LogP contribution in [0.1, 0.15) is 33.2 Å². The Morgan fingerprint density at radius 1 is 0.950 bits per heavy atom. The van der Waals surface area contributed by atoms with E-state index in [1.54, 1.807) is 7.11 Å². The fraction of sp³-hybridized carbons (Fsp3) is 0.333. The van der Waals surface area contributed by atoms with Gasteiger partial charge in [-0.05, 0) is 48.1 Å². The minimum absolute atomic E-state index is 0.0919. The summed E-state index contributed by atoms with van der Waals surface area (Å²) in [5, 5.41) is -0.0919. The second-order valence-corrected chi connectivity index (χ2v) is 5.63. The van der Waals surface area contributed by atoms with Crippen molar-refractivity contribution in [1.29, 1.82) is 0 Å². The Morgan fingerprint density at radius 2 is 1.60 bits per heavy atom. The zero-order valence-electron chi connectivity index (χ0n) is 12.3. The van der Waals surface area contributed by atoms with Gasteiger partial charge in [-0.15, -0.1) is 11.6 Å². The van der Waals surface area contributed by atoms with Crippen molar-refractivity contribution in [2.24, 2.45) is 0 Å². The summed E-state index contributed by atoms with van der Waals surface area (Å²) in [4.78, 5) is 0. The van der Waals surface area contributed by atoms with Crippen LogP contribution in [0.25, 0.3) is 0 Å². The number of hydrogen-bond acceptors (Lipinski definition) is 1. The molecule has 0 saturated heterocycles. The maximum Gasteiger partial charge on any atom is 0.0835 e. The fourth-order valence-electron chi connectivity index (χ4n) is 2.19. The van der Waals surface area contributed by atoms with Crippen molar-refractivity contribution in [3.63, 3.8) is 0 Å². The highest BCUT2D eigenvalue weighted by atomic mass is 35.5. The van der Waals surface area contributed by atoms with Gasteiger partial charge >= 0.3 is 0 Å². The molecule has 1 nitrogen and oxygen atoms in total. The summed E-state index contributed by atoms with van der Waals surface area (Å²) in [6.45, 7) is 4.99. The van der Waals surface area contributed by atoms with E-state index in [0.717, 1.165) is 24.2 Å². The average molecular weight is 289 g/mol. The van der Waals surface area contributed by atoms with Crippen LogP contribution in [-0.2, 0) is 11.2 Å². The van der Waals surface area contributed by atoms with Crippen molar-refractivity contribution < 1.29 is 4.74 Å². The fourth-order valence-corrected chi connectivity index (χ4v) is 2.47. The smallest absolute Gasteiger partial charge is 0.0835 e. The van der Waals surface area contributed by atoms with Crippen molar-refractivity contribution in [1.82, 2.24) is 0 Å². The van der Waals surface area contributed by atoms with E-state index < -0.39 is 0 Å². The molecule has 1 unspecified atom stereocenters. The summed E-state index contributed by atoms with van der Waals surface area (Å²) in [6, 6.07) is 14.9. The number of ether oxygens (including phenoxy) is 1. The summed E-state index contributed by atoms with van der Waals surface area (Å²) >= 11 is 6.59. The Balaban J connectivity index is 2.15. The first kappa shape index (κ1) is 15.1. The molecular weight excluding hydrogens is 268 g/mol. The molecule has 0 aliphatic heterocycles. The highest BCUT2D eigenvalue weighted by Crippen LogP contribution is 2.30. The minimum Gasteiger partial charge on any atom is -0.384 e. The molecule has 2 heteroatoms. The lowest BCUT2D eigenvalue weighted by Crippen LogP contribution is -1.97. The zero-order chi connectivity index (χ0) is 14.5. The average Bonchev–Trinajstić information content (AvgIpc) is 2.48. The Bertz CT molecular complexity index is 560. The number of aryl methyl sites for hydroxylation is 2. The van der Waals surface area contributed by atoms with E-state index in [9.17, 15) is 0 Å². The molecule has 0 spiro atoms. The van der Waals surface area contributed by atoms with Gasteiger partial charge in [-0.25, -0.2) is 0 Å². The molecule has 20 heavy (non-hydrogen) atoms. The number of halogens is 1. The molecular formula is C18H21ClO. The van der Waals surface area contributed by atoms with Gasteiger partial charge in [-0.3, -0.25) is 0 Å². The van der Waals surface area contributed by atoms with Crippen LogP contribution >= 0.6 is 11.6 Å². The molecule has 1 atom stereocenters. The molecule has 2 aromatic carbocycles. The Labute approximate surface area is 126 Å². The van der Waals surface area contributed by atoms with Crippen molar-refractivity contribution in [2.45, 2.75) is 25.6 Å². The molecule has 106 valence electrons. The predicted molar refractivity (Wildman–Crippen MR) is 85.6 cm³/mol. The lowest BCUT2D eigenvalue weighted by atomic mass is 9.99. The van der Waals surface area contributed by atoms with E-state index in [1.165, 1.54) is 16.7 Å². The van der Waals surface area contributed by atoms with E-state index >= 15 is 0 Å². The molecule has 0 radical (unpaired) electrons. The molecule has 0 aromatic heterocycles. The van der Waals surface area contributed by atoms with Crippen LogP contribution < -0.4 is 0 Å². The third-order valence-corrected chi connectivity index (χ3v) is 4.19. The lowest BCUT2D eigenvalue weighted by Gasteiger charge is -2.13. The van der Waals surface area contributed by atoms with Crippen molar-refractivity contribution in [3.05, 3.63) is 70.3 Å². The molecule has 0 bridgehead atoms. The van der Waals surface area contributed by atoms with Gasteiger partial charge in [0.25, 0.3) is 0 Å². The molecule has 0 amide bonds. The van der Waals surface area contributed by atoms with Gasteiger partial charge in [0.05, 0.1) is 12.0 Å². The van der Waals surface area contributed by atoms with Gasteiger partial charge in [0, 0.05) is 7.11 Å². The van der Waals surface area contributed by atoms with E-state index in [4.69, 9.17) is 16.3 Å². The topological polar surface area (TPSA) is 9.23 Å².